The quantitative estimate of drug-likeness (QED) is 0.00557. The van der Waals surface area contributed by atoms with Crippen LogP contribution in [-0.2, 0) is 51.1 Å². The van der Waals surface area contributed by atoms with Crippen LogP contribution in [0.1, 0.15) is 173 Å². The number of hydrogen-bond donors (Lipinski definition) is 3. The molecule has 0 radical (unpaired) electrons. The third-order valence-electron chi connectivity index (χ3n) is 20.2. The van der Waals surface area contributed by atoms with E-state index in [1.165, 1.54) is 5.56 Å². The number of isocyanates is 1. The number of cyclic esters (lactones) is 3. The van der Waals surface area contributed by atoms with Crippen LogP contribution in [0.3, 0.4) is 0 Å². The summed E-state index contributed by atoms with van der Waals surface area (Å²) < 4.78 is 23.2. The molecule has 12 rings (SSSR count). The number of benzene rings is 9. The number of ether oxygens (including phenoxy) is 3. The smallest absolute Gasteiger partial charge is 0.662 e. The molecular formula is C93H106Br5ClN5NaO12S2. The van der Waals surface area contributed by atoms with Gasteiger partial charge in [-0.15, -0.1) is 31.3 Å². The van der Waals surface area contributed by atoms with Crippen LogP contribution in [0.5, 0.6) is 0 Å². The summed E-state index contributed by atoms with van der Waals surface area (Å²) in [5.41, 5.74) is 12.3. The molecule has 9 aromatic rings. The van der Waals surface area contributed by atoms with Gasteiger partial charge in [0, 0.05) is 92.6 Å². The van der Waals surface area contributed by atoms with Gasteiger partial charge in [-0.3, -0.25) is 4.79 Å². The van der Waals surface area contributed by atoms with Crippen LogP contribution >= 0.6 is 118 Å². The Morgan fingerprint density at radius 1 is 0.521 bits per heavy atom. The van der Waals surface area contributed by atoms with Gasteiger partial charge in [0.2, 0.25) is 6.08 Å². The number of aliphatic hydroxyl groups is 2. The van der Waals surface area contributed by atoms with Gasteiger partial charge in [-0.05, 0) is 171 Å². The number of rotatable bonds is 25. The van der Waals surface area contributed by atoms with E-state index in [1.807, 2.05) is 289 Å². The molecule has 0 bridgehead atoms. The normalized spacial score (nSPS) is 17.9. The number of amides is 3. The third-order valence-corrected chi connectivity index (χ3v) is 23.0. The number of carbonyl (C=O) groups excluding carboxylic acids is 5. The SMILES string of the molecule is C=CCC(O)(CCCl)c1ccccc1.C=CC[C@@]1(c2ccccc2)CCN([C@@H](C)c2ccc(Br)cc2)C(=O)O1.C=CC[C@]1(c2ccccc2)CCN([C@@H](C)c2ccc(Br)cc2)C(=O)O1.C[C@@H](c1ccc(Br)cc1)N1CC[C@](CCCO)(c2ccccc2)OC1=O.C[C@H](N)c1ccc(Br)cc1.C[C@H](N=C=O)c1ccc(Br)cc1.O=CO[O-].S.S.[Na+]. The van der Waals surface area contributed by atoms with E-state index >= 15 is 0 Å². The predicted octanol–water partition coefficient (Wildman–Crippen LogP) is 20.7. The number of halogens is 6. The van der Waals surface area contributed by atoms with E-state index in [2.05, 4.69) is 109 Å². The average molecular weight is 2010 g/mol. The maximum absolute atomic E-state index is 12.9. The Balaban J connectivity index is 0.000000375. The fraction of sp³-hybridized carbons (Fsp3) is 0.301. The number of alkyl halides is 1. The average Bonchev–Trinajstić information content (AvgIpc) is 0.786. The van der Waals surface area contributed by atoms with Crippen molar-refractivity contribution in [3.63, 3.8) is 0 Å². The second-order valence-corrected chi connectivity index (χ2v) is 32.8. The van der Waals surface area contributed by atoms with Gasteiger partial charge in [0.15, 0.2) is 0 Å². The Bertz CT molecular complexity index is 4400. The fourth-order valence-electron chi connectivity index (χ4n) is 13.5. The molecule has 3 aliphatic rings. The fourth-order valence-corrected chi connectivity index (χ4v) is 15.1. The summed E-state index contributed by atoms with van der Waals surface area (Å²) in [6, 6.07) is 79.1. The van der Waals surface area contributed by atoms with E-state index in [9.17, 15) is 29.4 Å². The number of aliphatic hydroxyl groups excluding tert-OH is 1. The molecule has 0 aliphatic carbocycles. The molecule has 17 nitrogen and oxygen atoms in total. The van der Waals surface area contributed by atoms with Gasteiger partial charge in [-0.25, -0.2) is 19.2 Å². The van der Waals surface area contributed by atoms with Crippen LogP contribution in [0, 0.1) is 0 Å². The van der Waals surface area contributed by atoms with Gasteiger partial charge in [-0.1, -0.05) is 280 Å². The van der Waals surface area contributed by atoms with Crippen LogP contribution in [0.4, 0.5) is 14.4 Å². The summed E-state index contributed by atoms with van der Waals surface area (Å²) in [5.74, 6) is 0.444. The van der Waals surface area contributed by atoms with Crippen molar-refractivity contribution in [1.82, 2.24) is 14.7 Å². The van der Waals surface area contributed by atoms with Gasteiger partial charge in [0.05, 0.1) is 29.8 Å². The molecule has 3 fully saturated rings. The Labute approximate surface area is 785 Å². The molecule has 119 heavy (non-hydrogen) atoms. The summed E-state index contributed by atoms with van der Waals surface area (Å²) in [4.78, 5) is 68.6. The molecule has 9 aromatic carbocycles. The zero-order valence-corrected chi connectivity index (χ0v) is 80.6. The largest absolute Gasteiger partial charge is 1.00 e. The minimum absolute atomic E-state index is 0. The second kappa shape index (κ2) is 55.3. The van der Waals surface area contributed by atoms with Crippen molar-refractivity contribution in [3.8, 4) is 0 Å². The van der Waals surface area contributed by atoms with Crippen molar-refractivity contribution in [2.24, 2.45) is 10.7 Å². The van der Waals surface area contributed by atoms with Crippen molar-refractivity contribution < 1.29 is 88.1 Å². The summed E-state index contributed by atoms with van der Waals surface area (Å²) in [6.45, 7) is 23.1. The topological polar surface area (TPSA) is 234 Å². The van der Waals surface area contributed by atoms with Crippen LogP contribution in [-0.4, -0.2) is 87.9 Å². The maximum atomic E-state index is 12.9. The molecule has 630 valence electrons. The Morgan fingerprint density at radius 3 is 1.09 bits per heavy atom. The van der Waals surface area contributed by atoms with Crippen molar-refractivity contribution in [3.05, 3.63) is 353 Å². The minimum atomic E-state index is -0.856. The number of carbonyl (C=O) groups is 4. The van der Waals surface area contributed by atoms with E-state index < -0.39 is 22.4 Å². The number of nitrogens with two attached hydrogens (primary N) is 1. The van der Waals surface area contributed by atoms with Crippen molar-refractivity contribution in [2.75, 3.05) is 32.1 Å². The zero-order valence-electron chi connectivity index (χ0n) is 67.9. The summed E-state index contributed by atoms with van der Waals surface area (Å²) >= 11 is 22.7. The third kappa shape index (κ3) is 32.7. The van der Waals surface area contributed by atoms with Gasteiger partial charge >= 0.3 is 47.8 Å². The second-order valence-electron chi connectivity index (χ2n) is 27.8. The van der Waals surface area contributed by atoms with Gasteiger partial charge in [-0.2, -0.15) is 32.0 Å². The Morgan fingerprint density at radius 2 is 0.815 bits per heavy atom. The molecular weight excluding hydrogens is 1900 g/mol. The summed E-state index contributed by atoms with van der Waals surface area (Å²) in [5, 5.41) is 28.0. The molecule has 0 aromatic heterocycles. The molecule has 3 heterocycles. The molecule has 0 spiro atoms. The van der Waals surface area contributed by atoms with Crippen LogP contribution in [0.2, 0.25) is 0 Å². The predicted molar refractivity (Wildman–Crippen MR) is 497 cm³/mol. The van der Waals surface area contributed by atoms with E-state index in [-0.39, 0.29) is 118 Å². The van der Waals surface area contributed by atoms with E-state index in [0.717, 1.165) is 79.7 Å². The first-order valence-corrected chi connectivity index (χ1v) is 42.5. The molecule has 3 amide bonds. The Kier molecular flexibility index (Phi) is 49.4. The minimum Gasteiger partial charge on any atom is -0.662 e. The van der Waals surface area contributed by atoms with E-state index in [0.29, 0.717) is 70.5 Å². The summed E-state index contributed by atoms with van der Waals surface area (Å²) in [7, 11) is 0. The molecule has 1 unspecified atom stereocenters. The van der Waals surface area contributed by atoms with Crippen molar-refractivity contribution in [2.45, 2.75) is 145 Å². The van der Waals surface area contributed by atoms with Gasteiger partial charge in [0.25, 0.3) is 6.47 Å². The van der Waals surface area contributed by atoms with Crippen LogP contribution in [0.15, 0.2) is 308 Å². The molecule has 3 aliphatic heterocycles. The number of aliphatic imine (C=N–C) groups is 1. The zero-order chi connectivity index (χ0) is 84.7. The van der Waals surface area contributed by atoms with E-state index in [1.54, 1.807) is 26.9 Å². The van der Waals surface area contributed by atoms with Crippen molar-refractivity contribution in [1.29, 1.82) is 0 Å². The van der Waals surface area contributed by atoms with Crippen LogP contribution in [0.25, 0.3) is 0 Å². The molecule has 26 heteroatoms. The number of nitrogens with zero attached hydrogens (tertiary/aromatic N) is 4. The first kappa shape index (κ1) is 106. The van der Waals surface area contributed by atoms with Crippen molar-refractivity contribution >= 4 is 149 Å². The van der Waals surface area contributed by atoms with E-state index in [4.69, 9.17) is 41.6 Å². The monoisotopic (exact) mass is 2000 g/mol. The molecule has 3 saturated heterocycles. The maximum Gasteiger partial charge on any atom is 1.00 e. The van der Waals surface area contributed by atoms with Gasteiger partial charge in [0.1, 0.15) is 16.8 Å². The number of hydrogen-bond acceptors (Lipinski definition) is 14. The first-order chi connectivity index (χ1) is 55.7. The Hall–Kier alpha value is -6.91. The summed E-state index contributed by atoms with van der Waals surface area (Å²) in [6.07, 6.45) is 11.8. The first-order valence-electron chi connectivity index (χ1n) is 38.0. The van der Waals surface area contributed by atoms with Gasteiger partial charge < -0.3 is 55.0 Å². The van der Waals surface area contributed by atoms with Crippen LogP contribution < -0.4 is 40.5 Å². The standard InChI is InChI=1S/C21H24BrNO3.2C21H22BrNO2.C12H15ClO.C9H8BrNO.C8H10BrN.CH2O3.Na.2H2S/c1-16(17-8-10-19(22)11-9-17)23-14-13-21(12-5-15-24,26-20(23)25)18-6-3-2-4-7-18;2*1-3-13-21(18-7-5-4-6-8-18)14-15-23(20(24)25-21)16(2)17-9-11-19(22)12-10-17;1-2-8-12(14,9-10-13)11-6-4-3-5-7-11;1-7(11-6-12)8-2-4-9(10)5-3-8;1-6(10)7-2-4-8(9)5-3-7;2-1-4-3;;;/h2-4,6-11,16,24H,5,12-15H2,1H3;2*3-12,16H,1,13-15H2,2H3;2-7,14H,1,8-10H2;2-5,7H,1H3;2-6H,10H2,1H3;1,3H;;2*1H2/q;;;;;;;+1;;/p-1/t2*16-,21+;16-,21-;;7-;6-;;;;/m000.00..../s1. The molecule has 9 atom stereocenters. The molecule has 0 saturated carbocycles. The molecule has 4 N–H and O–H groups in total.